The van der Waals surface area contributed by atoms with Gasteiger partial charge in [-0.1, -0.05) is 12.8 Å². The molecule has 0 bridgehead atoms. The molecule has 2 fully saturated rings. The Morgan fingerprint density at radius 1 is 1.25 bits per heavy atom. The first-order valence-corrected chi connectivity index (χ1v) is 6.59. The van der Waals surface area contributed by atoms with Gasteiger partial charge in [-0.3, -0.25) is 0 Å². The number of nitrogens with one attached hydrogen (secondary N) is 1. The lowest BCUT2D eigenvalue weighted by Gasteiger charge is -2.30. The molecule has 0 spiro atoms. The molecule has 0 radical (unpaired) electrons. The minimum atomic E-state index is -0.00388. The zero-order chi connectivity index (χ0) is 11.6. The van der Waals surface area contributed by atoms with Gasteiger partial charge in [-0.15, -0.1) is 0 Å². The van der Waals surface area contributed by atoms with E-state index in [0.717, 1.165) is 32.2 Å². The lowest BCUT2D eigenvalue weighted by molar-refractivity contribution is -0.0186. The highest BCUT2D eigenvalue weighted by Crippen LogP contribution is 2.32. The van der Waals surface area contributed by atoms with E-state index in [-0.39, 0.29) is 17.7 Å². The van der Waals surface area contributed by atoms with E-state index < -0.39 is 0 Å². The SMILES string of the molecule is CC1(C)CCC(CNC2(CO)CCCC2)O1. The smallest absolute Gasteiger partial charge is 0.0708 e. The largest absolute Gasteiger partial charge is 0.394 e. The van der Waals surface area contributed by atoms with E-state index in [4.69, 9.17) is 4.74 Å². The molecule has 2 rings (SSSR count). The molecule has 16 heavy (non-hydrogen) atoms. The molecular formula is C13H25NO2. The molecule has 2 N–H and O–H groups in total. The van der Waals surface area contributed by atoms with Gasteiger partial charge in [0.2, 0.25) is 0 Å². The summed E-state index contributed by atoms with van der Waals surface area (Å²) in [4.78, 5) is 0. The second-order valence-corrected chi connectivity index (χ2v) is 6.06. The van der Waals surface area contributed by atoms with E-state index in [9.17, 15) is 5.11 Å². The summed E-state index contributed by atoms with van der Waals surface area (Å²) in [5.41, 5.74) is 0.0461. The monoisotopic (exact) mass is 227 g/mol. The van der Waals surface area contributed by atoms with Crippen LogP contribution in [0.1, 0.15) is 52.4 Å². The Labute approximate surface area is 98.6 Å². The van der Waals surface area contributed by atoms with Crippen LogP contribution in [0.3, 0.4) is 0 Å². The van der Waals surface area contributed by atoms with Crippen LogP contribution in [0, 0.1) is 0 Å². The summed E-state index contributed by atoms with van der Waals surface area (Å²) in [6.45, 7) is 5.47. The molecule has 1 saturated heterocycles. The van der Waals surface area contributed by atoms with Gasteiger partial charge in [0.25, 0.3) is 0 Å². The second-order valence-electron chi connectivity index (χ2n) is 6.06. The van der Waals surface area contributed by atoms with Crippen LogP contribution in [-0.4, -0.2) is 35.5 Å². The Morgan fingerprint density at radius 3 is 2.44 bits per heavy atom. The highest BCUT2D eigenvalue weighted by Gasteiger charge is 2.36. The lowest BCUT2D eigenvalue weighted by Crippen LogP contribution is -2.49. The Bertz CT molecular complexity index is 234. The molecule has 0 aromatic carbocycles. The third-order valence-electron chi connectivity index (χ3n) is 4.12. The van der Waals surface area contributed by atoms with Gasteiger partial charge in [0, 0.05) is 12.1 Å². The predicted octanol–water partition coefficient (Wildman–Crippen LogP) is 1.84. The van der Waals surface area contributed by atoms with Gasteiger partial charge in [0.15, 0.2) is 0 Å². The first kappa shape index (κ1) is 12.3. The van der Waals surface area contributed by atoms with Crippen molar-refractivity contribution in [2.75, 3.05) is 13.2 Å². The third kappa shape index (κ3) is 2.76. The Hall–Kier alpha value is -0.120. The van der Waals surface area contributed by atoms with Crippen LogP contribution in [0.5, 0.6) is 0 Å². The summed E-state index contributed by atoms with van der Waals surface area (Å²) in [5, 5.41) is 13.0. The summed E-state index contributed by atoms with van der Waals surface area (Å²) in [6, 6.07) is 0. The number of aliphatic hydroxyl groups excluding tert-OH is 1. The number of hydrogen-bond acceptors (Lipinski definition) is 3. The van der Waals surface area contributed by atoms with E-state index in [2.05, 4.69) is 19.2 Å². The molecular weight excluding hydrogens is 202 g/mol. The fourth-order valence-electron chi connectivity index (χ4n) is 2.99. The maximum Gasteiger partial charge on any atom is 0.0708 e. The standard InChI is InChI=1S/C13H25NO2/c1-12(2)8-5-11(16-12)9-14-13(10-15)6-3-4-7-13/h11,14-15H,3-10H2,1-2H3. The second kappa shape index (κ2) is 4.63. The maximum atomic E-state index is 9.49. The fourth-order valence-corrected chi connectivity index (χ4v) is 2.99. The van der Waals surface area contributed by atoms with Gasteiger partial charge in [0.1, 0.15) is 0 Å². The minimum absolute atomic E-state index is 0.00388. The third-order valence-corrected chi connectivity index (χ3v) is 4.12. The van der Waals surface area contributed by atoms with Crippen molar-refractivity contribution in [3.8, 4) is 0 Å². The molecule has 2 aliphatic rings. The molecule has 94 valence electrons. The van der Waals surface area contributed by atoms with Crippen molar-refractivity contribution < 1.29 is 9.84 Å². The van der Waals surface area contributed by atoms with Crippen LogP contribution >= 0.6 is 0 Å². The van der Waals surface area contributed by atoms with Crippen LogP contribution in [-0.2, 0) is 4.74 Å². The van der Waals surface area contributed by atoms with Crippen molar-refractivity contribution >= 4 is 0 Å². The molecule has 3 nitrogen and oxygen atoms in total. The molecule has 1 unspecified atom stereocenters. The van der Waals surface area contributed by atoms with Gasteiger partial charge >= 0.3 is 0 Å². The highest BCUT2D eigenvalue weighted by molar-refractivity contribution is 4.93. The molecule has 1 aliphatic carbocycles. The fraction of sp³-hybridized carbons (Fsp3) is 1.00. The summed E-state index contributed by atoms with van der Waals surface area (Å²) in [6.07, 6.45) is 7.32. The first-order valence-electron chi connectivity index (χ1n) is 6.59. The summed E-state index contributed by atoms with van der Waals surface area (Å²) in [7, 11) is 0. The quantitative estimate of drug-likeness (QED) is 0.770. The highest BCUT2D eigenvalue weighted by atomic mass is 16.5. The van der Waals surface area contributed by atoms with Crippen LogP contribution in [0.4, 0.5) is 0 Å². The summed E-state index contributed by atoms with van der Waals surface area (Å²) in [5.74, 6) is 0. The lowest BCUT2D eigenvalue weighted by atomic mass is 9.98. The topological polar surface area (TPSA) is 41.5 Å². The number of aliphatic hydroxyl groups is 1. The van der Waals surface area contributed by atoms with Crippen LogP contribution < -0.4 is 5.32 Å². The molecule has 0 aromatic heterocycles. The van der Waals surface area contributed by atoms with E-state index in [1.54, 1.807) is 0 Å². The zero-order valence-corrected chi connectivity index (χ0v) is 10.6. The number of rotatable bonds is 4. The molecule has 0 aromatic rings. The van der Waals surface area contributed by atoms with E-state index in [1.165, 1.54) is 12.8 Å². The van der Waals surface area contributed by atoms with Gasteiger partial charge < -0.3 is 15.2 Å². The first-order chi connectivity index (χ1) is 7.55. The zero-order valence-electron chi connectivity index (χ0n) is 10.6. The normalized spacial score (nSPS) is 32.1. The van der Waals surface area contributed by atoms with E-state index >= 15 is 0 Å². The maximum absolute atomic E-state index is 9.49. The van der Waals surface area contributed by atoms with Crippen molar-refractivity contribution in [3.05, 3.63) is 0 Å². The molecule has 1 saturated carbocycles. The van der Waals surface area contributed by atoms with Gasteiger partial charge in [-0.2, -0.15) is 0 Å². The van der Waals surface area contributed by atoms with E-state index in [1.807, 2.05) is 0 Å². The predicted molar refractivity (Wildman–Crippen MR) is 64.5 cm³/mol. The van der Waals surface area contributed by atoms with Crippen LogP contribution in [0.2, 0.25) is 0 Å². The van der Waals surface area contributed by atoms with E-state index in [0.29, 0.717) is 6.10 Å². The molecule has 1 heterocycles. The van der Waals surface area contributed by atoms with Crippen LogP contribution in [0.25, 0.3) is 0 Å². The van der Waals surface area contributed by atoms with Crippen LogP contribution in [0.15, 0.2) is 0 Å². The van der Waals surface area contributed by atoms with Gasteiger partial charge in [-0.25, -0.2) is 0 Å². The summed E-state index contributed by atoms with van der Waals surface area (Å²) < 4.78 is 5.95. The van der Waals surface area contributed by atoms with Crippen molar-refractivity contribution in [1.29, 1.82) is 0 Å². The summed E-state index contributed by atoms with van der Waals surface area (Å²) >= 11 is 0. The number of ether oxygens (including phenoxy) is 1. The number of hydrogen-bond donors (Lipinski definition) is 2. The van der Waals surface area contributed by atoms with Gasteiger partial charge in [-0.05, 0) is 39.5 Å². The molecule has 0 amide bonds. The Balaban J connectivity index is 1.79. The average molecular weight is 227 g/mol. The average Bonchev–Trinajstić information content (AvgIpc) is 2.83. The minimum Gasteiger partial charge on any atom is -0.394 e. The van der Waals surface area contributed by atoms with Crippen molar-refractivity contribution in [2.24, 2.45) is 0 Å². The van der Waals surface area contributed by atoms with Crippen molar-refractivity contribution in [3.63, 3.8) is 0 Å². The Kier molecular flexibility index (Phi) is 3.57. The molecule has 3 heteroatoms. The Morgan fingerprint density at radius 2 is 1.94 bits per heavy atom. The van der Waals surface area contributed by atoms with Crippen molar-refractivity contribution in [2.45, 2.75) is 69.6 Å². The van der Waals surface area contributed by atoms with Gasteiger partial charge in [0.05, 0.1) is 18.3 Å². The molecule has 1 atom stereocenters. The van der Waals surface area contributed by atoms with Crippen molar-refractivity contribution in [1.82, 2.24) is 5.32 Å². The molecule has 1 aliphatic heterocycles.